The maximum atomic E-state index is 5.79. The highest BCUT2D eigenvalue weighted by Gasteiger charge is 2.25. The zero-order chi connectivity index (χ0) is 11.4. The number of nitrogens with two attached hydrogens (primary N) is 1. The van der Waals surface area contributed by atoms with E-state index in [4.69, 9.17) is 5.73 Å². The van der Waals surface area contributed by atoms with Crippen molar-refractivity contribution in [2.45, 2.75) is 19.9 Å². The van der Waals surface area contributed by atoms with Crippen LogP contribution in [0, 0.1) is 11.8 Å². The molecule has 2 atom stereocenters. The molecule has 0 saturated carbocycles. The van der Waals surface area contributed by atoms with E-state index in [1.54, 1.807) is 12.4 Å². The number of likely N-dealkylation sites (tertiary alicyclic amines) is 1. The van der Waals surface area contributed by atoms with Gasteiger partial charge in [-0.1, -0.05) is 6.92 Å². The molecule has 0 bridgehead atoms. The Hall–Kier alpha value is -1.00. The molecule has 0 radical (unpaired) electrons. The number of aromatic nitrogens is 2. The van der Waals surface area contributed by atoms with Crippen LogP contribution in [0.25, 0.3) is 0 Å². The van der Waals surface area contributed by atoms with Crippen LogP contribution in [-0.4, -0.2) is 34.5 Å². The Bertz CT molecular complexity index is 314. The molecule has 16 heavy (non-hydrogen) atoms. The predicted molar refractivity (Wildman–Crippen MR) is 63.6 cm³/mol. The highest BCUT2D eigenvalue weighted by Crippen LogP contribution is 2.22. The highest BCUT2D eigenvalue weighted by atomic mass is 15.1. The summed E-state index contributed by atoms with van der Waals surface area (Å²) in [6.45, 7) is 6.23. The van der Waals surface area contributed by atoms with E-state index in [0.29, 0.717) is 5.92 Å². The molecule has 2 unspecified atom stereocenters. The molecule has 2 N–H and O–H groups in total. The van der Waals surface area contributed by atoms with Crippen LogP contribution in [0.4, 0.5) is 0 Å². The second-order valence-electron chi connectivity index (χ2n) is 4.69. The highest BCUT2D eigenvalue weighted by molar-refractivity contribution is 4.95. The van der Waals surface area contributed by atoms with Crippen LogP contribution in [0.15, 0.2) is 18.6 Å². The Labute approximate surface area is 96.9 Å². The Morgan fingerprint density at radius 3 is 3.06 bits per heavy atom. The third-order valence-corrected chi connectivity index (χ3v) is 3.50. The molecule has 2 rings (SSSR count). The molecule has 0 aliphatic carbocycles. The fourth-order valence-corrected chi connectivity index (χ4v) is 2.32. The number of hydrogen-bond acceptors (Lipinski definition) is 4. The normalized spacial score (nSPS) is 26.9. The monoisotopic (exact) mass is 220 g/mol. The van der Waals surface area contributed by atoms with E-state index in [0.717, 1.165) is 37.8 Å². The Kier molecular flexibility index (Phi) is 3.85. The van der Waals surface area contributed by atoms with Crippen LogP contribution in [0.3, 0.4) is 0 Å². The minimum atomic E-state index is 0.630. The van der Waals surface area contributed by atoms with Gasteiger partial charge in [-0.05, 0) is 31.3 Å². The van der Waals surface area contributed by atoms with Gasteiger partial charge in [-0.2, -0.15) is 0 Å². The van der Waals surface area contributed by atoms with Crippen molar-refractivity contribution in [3.8, 4) is 0 Å². The van der Waals surface area contributed by atoms with Crippen molar-refractivity contribution in [3.63, 3.8) is 0 Å². The van der Waals surface area contributed by atoms with E-state index in [1.165, 1.54) is 6.42 Å². The molecule has 1 aromatic rings. The lowest BCUT2D eigenvalue weighted by molar-refractivity contribution is 0.125. The zero-order valence-corrected chi connectivity index (χ0v) is 9.84. The van der Waals surface area contributed by atoms with Gasteiger partial charge in [0.15, 0.2) is 0 Å². The van der Waals surface area contributed by atoms with Crippen LogP contribution in [-0.2, 0) is 6.54 Å². The van der Waals surface area contributed by atoms with Gasteiger partial charge in [0.1, 0.15) is 0 Å². The summed E-state index contributed by atoms with van der Waals surface area (Å²) in [4.78, 5) is 10.8. The van der Waals surface area contributed by atoms with E-state index >= 15 is 0 Å². The fraction of sp³-hybridized carbons (Fsp3) is 0.667. The Morgan fingerprint density at radius 1 is 1.50 bits per heavy atom. The topological polar surface area (TPSA) is 55.0 Å². The summed E-state index contributed by atoms with van der Waals surface area (Å²) in [5.74, 6) is 1.38. The molecule has 0 amide bonds. The minimum Gasteiger partial charge on any atom is -0.330 e. The Balaban J connectivity index is 1.92. The van der Waals surface area contributed by atoms with Crippen LogP contribution < -0.4 is 5.73 Å². The van der Waals surface area contributed by atoms with Crippen molar-refractivity contribution < 1.29 is 0 Å². The van der Waals surface area contributed by atoms with Crippen molar-refractivity contribution in [2.24, 2.45) is 17.6 Å². The Morgan fingerprint density at radius 2 is 2.38 bits per heavy atom. The summed E-state index contributed by atoms with van der Waals surface area (Å²) in [6.07, 6.45) is 6.55. The van der Waals surface area contributed by atoms with Gasteiger partial charge in [0.05, 0.1) is 5.69 Å². The molecule has 2 heterocycles. The first-order valence-electron chi connectivity index (χ1n) is 5.97. The molecular formula is C12H20N4. The first-order chi connectivity index (χ1) is 7.79. The lowest BCUT2D eigenvalue weighted by atomic mass is 9.87. The van der Waals surface area contributed by atoms with Crippen LogP contribution >= 0.6 is 0 Å². The van der Waals surface area contributed by atoms with Gasteiger partial charge in [-0.15, -0.1) is 0 Å². The molecule has 1 aliphatic heterocycles. The summed E-state index contributed by atoms with van der Waals surface area (Å²) in [5, 5.41) is 0. The fourth-order valence-electron chi connectivity index (χ4n) is 2.32. The first-order valence-corrected chi connectivity index (χ1v) is 5.97. The van der Waals surface area contributed by atoms with E-state index in [1.807, 2.05) is 6.20 Å². The third-order valence-electron chi connectivity index (χ3n) is 3.50. The molecule has 88 valence electrons. The lowest BCUT2D eigenvalue weighted by Gasteiger charge is -2.36. The van der Waals surface area contributed by atoms with Crippen molar-refractivity contribution in [3.05, 3.63) is 24.3 Å². The van der Waals surface area contributed by atoms with Gasteiger partial charge in [-0.3, -0.25) is 14.9 Å². The van der Waals surface area contributed by atoms with Gasteiger partial charge in [0, 0.05) is 31.7 Å². The number of nitrogens with zero attached hydrogens (tertiary/aromatic N) is 3. The van der Waals surface area contributed by atoms with Gasteiger partial charge >= 0.3 is 0 Å². The standard InChI is InChI=1S/C12H20N4/c1-10-2-5-16(8-11(10)6-13)9-12-7-14-3-4-15-12/h3-4,7,10-11H,2,5-6,8-9,13H2,1H3. The van der Waals surface area contributed by atoms with E-state index in [2.05, 4.69) is 21.8 Å². The smallest absolute Gasteiger partial charge is 0.0726 e. The number of hydrogen-bond donors (Lipinski definition) is 1. The molecule has 0 aromatic carbocycles. The third kappa shape index (κ3) is 2.77. The van der Waals surface area contributed by atoms with E-state index in [-0.39, 0.29) is 0 Å². The predicted octanol–water partition coefficient (Wildman–Crippen LogP) is 0.893. The van der Waals surface area contributed by atoms with Crippen LogP contribution in [0.5, 0.6) is 0 Å². The SMILES string of the molecule is CC1CCN(Cc2cnccn2)CC1CN. The molecule has 1 fully saturated rings. The number of rotatable bonds is 3. The molecular weight excluding hydrogens is 200 g/mol. The van der Waals surface area contributed by atoms with Gasteiger partial charge in [0.2, 0.25) is 0 Å². The minimum absolute atomic E-state index is 0.630. The lowest BCUT2D eigenvalue weighted by Crippen LogP contribution is -2.42. The first kappa shape index (κ1) is 11.5. The van der Waals surface area contributed by atoms with Crippen molar-refractivity contribution in [1.29, 1.82) is 0 Å². The van der Waals surface area contributed by atoms with E-state index < -0.39 is 0 Å². The summed E-state index contributed by atoms with van der Waals surface area (Å²) in [6, 6.07) is 0. The average molecular weight is 220 g/mol. The summed E-state index contributed by atoms with van der Waals surface area (Å²) in [5.41, 5.74) is 6.84. The van der Waals surface area contributed by atoms with Crippen molar-refractivity contribution in [2.75, 3.05) is 19.6 Å². The number of piperidine rings is 1. The molecule has 0 spiro atoms. The zero-order valence-electron chi connectivity index (χ0n) is 9.84. The molecule has 4 heteroatoms. The summed E-state index contributed by atoms with van der Waals surface area (Å²) < 4.78 is 0. The van der Waals surface area contributed by atoms with Crippen molar-refractivity contribution >= 4 is 0 Å². The second-order valence-corrected chi connectivity index (χ2v) is 4.69. The summed E-state index contributed by atoms with van der Waals surface area (Å²) >= 11 is 0. The quantitative estimate of drug-likeness (QED) is 0.822. The van der Waals surface area contributed by atoms with Gasteiger partial charge in [0.25, 0.3) is 0 Å². The van der Waals surface area contributed by atoms with Gasteiger partial charge < -0.3 is 5.73 Å². The van der Waals surface area contributed by atoms with Crippen LogP contribution in [0.2, 0.25) is 0 Å². The molecule has 1 aliphatic rings. The summed E-state index contributed by atoms with van der Waals surface area (Å²) in [7, 11) is 0. The van der Waals surface area contributed by atoms with Gasteiger partial charge in [-0.25, -0.2) is 0 Å². The second kappa shape index (κ2) is 5.37. The maximum Gasteiger partial charge on any atom is 0.0726 e. The molecule has 4 nitrogen and oxygen atoms in total. The van der Waals surface area contributed by atoms with Crippen molar-refractivity contribution in [1.82, 2.24) is 14.9 Å². The largest absolute Gasteiger partial charge is 0.330 e. The molecule has 1 saturated heterocycles. The van der Waals surface area contributed by atoms with Crippen LogP contribution in [0.1, 0.15) is 19.0 Å². The average Bonchev–Trinajstić information content (AvgIpc) is 2.33. The van der Waals surface area contributed by atoms with E-state index in [9.17, 15) is 0 Å². The maximum absolute atomic E-state index is 5.79. The molecule has 1 aromatic heterocycles.